The van der Waals surface area contributed by atoms with Gasteiger partial charge in [-0.1, -0.05) is 0 Å². The normalized spacial score (nSPS) is 15.4. The number of rotatable bonds is 2. The summed E-state index contributed by atoms with van der Waals surface area (Å²) in [4.78, 5) is 23.3. The van der Waals surface area contributed by atoms with Gasteiger partial charge in [-0.2, -0.15) is 0 Å². The van der Waals surface area contributed by atoms with Crippen LogP contribution in [0.3, 0.4) is 0 Å². The number of halogens is 1. The number of hydrogen-bond acceptors (Lipinski definition) is 4. The lowest BCUT2D eigenvalue weighted by Crippen LogP contribution is -2.57. The lowest BCUT2D eigenvalue weighted by molar-refractivity contribution is -0.385. The molecule has 0 radical (unpaired) electrons. The number of carbonyl (C=O) groups is 1. The fraction of sp³-hybridized carbons (Fsp3) is 0.364. The molecule has 0 saturated carbocycles. The van der Waals surface area contributed by atoms with Gasteiger partial charge in [0.05, 0.1) is 10.5 Å². The minimum absolute atomic E-state index is 0.0809. The van der Waals surface area contributed by atoms with Crippen LogP contribution in [0.25, 0.3) is 0 Å². The number of nitrogens with two attached hydrogens (primary N) is 1. The maximum Gasteiger partial charge on any atom is 0.270 e. The Kier molecular flexibility index (Phi) is 3.00. The van der Waals surface area contributed by atoms with Gasteiger partial charge in [-0.15, -0.1) is 0 Å². The average molecular weight is 253 g/mol. The van der Waals surface area contributed by atoms with Crippen molar-refractivity contribution in [1.82, 2.24) is 4.90 Å². The number of nitrogens with zero attached hydrogens (tertiary/aromatic N) is 2. The molecule has 0 aromatic heterocycles. The quantitative estimate of drug-likeness (QED) is 0.624. The Balaban J connectivity index is 2.37. The molecule has 0 unspecified atom stereocenters. The summed E-state index contributed by atoms with van der Waals surface area (Å²) < 4.78 is 13.8. The van der Waals surface area contributed by atoms with Crippen molar-refractivity contribution in [1.29, 1.82) is 0 Å². The zero-order valence-electron chi connectivity index (χ0n) is 9.72. The van der Waals surface area contributed by atoms with Crippen molar-refractivity contribution in [2.75, 3.05) is 13.1 Å². The Morgan fingerprint density at radius 3 is 2.67 bits per heavy atom. The van der Waals surface area contributed by atoms with E-state index in [0.717, 1.165) is 12.1 Å². The molecule has 96 valence electrons. The molecule has 1 aliphatic rings. The van der Waals surface area contributed by atoms with Gasteiger partial charge in [0.25, 0.3) is 11.6 Å². The van der Waals surface area contributed by atoms with E-state index >= 15 is 0 Å². The van der Waals surface area contributed by atoms with E-state index in [9.17, 15) is 19.3 Å². The topological polar surface area (TPSA) is 89.5 Å². The minimum Gasteiger partial charge on any atom is -0.335 e. The molecule has 1 saturated heterocycles. The molecule has 7 heteroatoms. The highest BCUT2D eigenvalue weighted by Gasteiger charge is 2.31. The highest BCUT2D eigenvalue weighted by atomic mass is 19.1. The molecule has 1 aliphatic heterocycles. The monoisotopic (exact) mass is 253 g/mol. The van der Waals surface area contributed by atoms with Crippen LogP contribution in [-0.2, 0) is 0 Å². The Bertz CT molecular complexity index is 527. The molecule has 1 heterocycles. The van der Waals surface area contributed by atoms with E-state index in [-0.39, 0.29) is 22.9 Å². The van der Waals surface area contributed by atoms with Gasteiger partial charge in [0.15, 0.2) is 0 Å². The molecule has 6 nitrogen and oxygen atoms in total. The van der Waals surface area contributed by atoms with E-state index in [0.29, 0.717) is 13.1 Å². The molecule has 2 rings (SSSR count). The summed E-state index contributed by atoms with van der Waals surface area (Å²) in [5.74, 6) is -1.27. The predicted octanol–water partition coefficient (Wildman–Crippen LogP) is 0.825. The number of hydrogen-bond donors (Lipinski definition) is 1. The van der Waals surface area contributed by atoms with Crippen molar-refractivity contribution in [3.63, 3.8) is 0 Å². The molecule has 1 aromatic rings. The zero-order valence-corrected chi connectivity index (χ0v) is 9.72. The molecule has 1 aromatic carbocycles. The Morgan fingerprint density at radius 2 is 2.17 bits per heavy atom. The van der Waals surface area contributed by atoms with Gasteiger partial charge in [-0.3, -0.25) is 14.9 Å². The molecule has 1 fully saturated rings. The first-order valence-corrected chi connectivity index (χ1v) is 5.39. The third kappa shape index (κ3) is 2.04. The lowest BCUT2D eigenvalue weighted by atomic mass is 10.0. The van der Waals surface area contributed by atoms with E-state index in [1.165, 1.54) is 11.8 Å². The zero-order chi connectivity index (χ0) is 13.4. The van der Waals surface area contributed by atoms with Crippen LogP contribution in [0, 0.1) is 22.9 Å². The van der Waals surface area contributed by atoms with Crippen LogP contribution in [-0.4, -0.2) is 34.9 Å². The van der Waals surface area contributed by atoms with Gasteiger partial charge < -0.3 is 10.6 Å². The second kappa shape index (κ2) is 4.34. The number of benzene rings is 1. The predicted molar refractivity (Wildman–Crippen MR) is 61.7 cm³/mol. The smallest absolute Gasteiger partial charge is 0.270 e. The Hall–Kier alpha value is -2.02. The van der Waals surface area contributed by atoms with Crippen molar-refractivity contribution in [2.45, 2.75) is 13.0 Å². The molecule has 18 heavy (non-hydrogen) atoms. The van der Waals surface area contributed by atoms with Crippen molar-refractivity contribution >= 4 is 11.6 Å². The standard InChI is InChI=1S/C11H12FN3O3/c1-6-2-8(15(17)18)3-9(10(6)12)11(16)14-4-7(13)5-14/h2-3,7H,4-5,13H2,1H3. The van der Waals surface area contributed by atoms with Crippen LogP contribution in [0.4, 0.5) is 10.1 Å². The largest absolute Gasteiger partial charge is 0.335 e. The van der Waals surface area contributed by atoms with Crippen molar-refractivity contribution in [3.8, 4) is 0 Å². The van der Waals surface area contributed by atoms with Crippen LogP contribution >= 0.6 is 0 Å². The van der Waals surface area contributed by atoms with Crippen molar-refractivity contribution in [3.05, 3.63) is 39.2 Å². The van der Waals surface area contributed by atoms with Crippen LogP contribution in [0.15, 0.2) is 12.1 Å². The van der Waals surface area contributed by atoms with Gasteiger partial charge >= 0.3 is 0 Å². The third-order valence-electron chi connectivity index (χ3n) is 2.88. The Morgan fingerprint density at radius 1 is 1.56 bits per heavy atom. The molecule has 0 bridgehead atoms. The molecule has 0 spiro atoms. The lowest BCUT2D eigenvalue weighted by Gasteiger charge is -2.36. The summed E-state index contributed by atoms with van der Waals surface area (Å²) in [7, 11) is 0. The fourth-order valence-corrected chi connectivity index (χ4v) is 1.86. The summed E-state index contributed by atoms with van der Waals surface area (Å²) in [5, 5.41) is 10.7. The molecule has 0 aliphatic carbocycles. The van der Waals surface area contributed by atoms with E-state index < -0.39 is 16.6 Å². The van der Waals surface area contributed by atoms with Gasteiger partial charge in [0, 0.05) is 31.3 Å². The Labute approximate surface area is 102 Å². The first kappa shape index (κ1) is 12.4. The van der Waals surface area contributed by atoms with Crippen LogP contribution in [0.5, 0.6) is 0 Å². The minimum atomic E-state index is -0.717. The van der Waals surface area contributed by atoms with Crippen LogP contribution in [0.2, 0.25) is 0 Å². The summed E-state index contributed by atoms with van der Waals surface area (Å²) in [6, 6.07) is 1.97. The van der Waals surface area contributed by atoms with Crippen molar-refractivity contribution < 1.29 is 14.1 Å². The number of non-ortho nitro benzene ring substituents is 1. The highest BCUT2D eigenvalue weighted by Crippen LogP contribution is 2.23. The average Bonchev–Trinajstić information content (AvgIpc) is 2.27. The molecule has 0 atom stereocenters. The van der Waals surface area contributed by atoms with Gasteiger partial charge in [-0.25, -0.2) is 4.39 Å². The first-order valence-electron chi connectivity index (χ1n) is 5.39. The van der Waals surface area contributed by atoms with Crippen LogP contribution < -0.4 is 5.73 Å². The summed E-state index contributed by atoms with van der Waals surface area (Å²) in [6.07, 6.45) is 0. The maximum atomic E-state index is 13.8. The van der Waals surface area contributed by atoms with E-state index in [4.69, 9.17) is 5.73 Å². The maximum absolute atomic E-state index is 13.8. The number of nitro benzene ring substituents is 1. The summed E-state index contributed by atoms with van der Waals surface area (Å²) in [6.45, 7) is 2.08. The van der Waals surface area contributed by atoms with E-state index in [1.807, 2.05) is 0 Å². The van der Waals surface area contributed by atoms with E-state index in [1.54, 1.807) is 0 Å². The molecular weight excluding hydrogens is 241 g/mol. The van der Waals surface area contributed by atoms with E-state index in [2.05, 4.69) is 0 Å². The SMILES string of the molecule is Cc1cc([N+](=O)[O-])cc(C(=O)N2CC(N)C2)c1F. The second-order valence-corrected chi connectivity index (χ2v) is 4.35. The molecular formula is C11H12FN3O3. The number of aryl methyl sites for hydroxylation is 1. The first-order chi connectivity index (χ1) is 8.40. The fourth-order valence-electron chi connectivity index (χ4n) is 1.86. The van der Waals surface area contributed by atoms with Crippen LogP contribution in [0.1, 0.15) is 15.9 Å². The third-order valence-corrected chi connectivity index (χ3v) is 2.88. The summed E-state index contributed by atoms with van der Waals surface area (Å²) in [5.41, 5.74) is 5.06. The van der Waals surface area contributed by atoms with Gasteiger partial charge in [-0.05, 0) is 12.5 Å². The second-order valence-electron chi connectivity index (χ2n) is 4.35. The number of nitro groups is 1. The molecule has 1 amide bonds. The van der Waals surface area contributed by atoms with Gasteiger partial charge in [0.1, 0.15) is 5.82 Å². The number of amides is 1. The number of carbonyl (C=O) groups excluding carboxylic acids is 1. The van der Waals surface area contributed by atoms with Crippen molar-refractivity contribution in [2.24, 2.45) is 5.73 Å². The molecule has 2 N–H and O–H groups in total. The number of likely N-dealkylation sites (tertiary alicyclic amines) is 1. The summed E-state index contributed by atoms with van der Waals surface area (Å²) >= 11 is 0. The van der Waals surface area contributed by atoms with Gasteiger partial charge in [0.2, 0.25) is 0 Å². The highest BCUT2D eigenvalue weighted by molar-refractivity contribution is 5.96.